The molecular formula is C25H21BO2. The second-order valence-corrected chi connectivity index (χ2v) is 8.06. The number of benzene rings is 4. The molecule has 0 aromatic heterocycles. The molecule has 2 nitrogen and oxygen atoms in total. The molecule has 0 heterocycles. The molecule has 0 unspecified atom stereocenters. The number of hydrogen-bond donors (Lipinski definition) is 2. The summed E-state index contributed by atoms with van der Waals surface area (Å²) in [5.41, 5.74) is 8.06. The van der Waals surface area contributed by atoms with Crippen molar-refractivity contribution in [2.24, 2.45) is 0 Å². The van der Waals surface area contributed by atoms with Gasteiger partial charge in [0.15, 0.2) is 0 Å². The van der Waals surface area contributed by atoms with Crippen molar-refractivity contribution in [1.82, 2.24) is 0 Å². The van der Waals surface area contributed by atoms with Gasteiger partial charge in [-0.15, -0.1) is 0 Å². The summed E-state index contributed by atoms with van der Waals surface area (Å²) in [6, 6.07) is 27.1. The fraction of sp³-hybridized carbons (Fsp3) is 0.120. The summed E-state index contributed by atoms with van der Waals surface area (Å²) in [6.07, 6.45) is 0. The van der Waals surface area contributed by atoms with Crippen LogP contribution in [0.3, 0.4) is 0 Å². The van der Waals surface area contributed by atoms with Gasteiger partial charge in [-0.3, -0.25) is 0 Å². The van der Waals surface area contributed by atoms with Crippen LogP contribution in [0.5, 0.6) is 0 Å². The first-order valence-electron chi connectivity index (χ1n) is 9.61. The van der Waals surface area contributed by atoms with Crippen LogP contribution in [0.1, 0.15) is 25.0 Å². The van der Waals surface area contributed by atoms with E-state index >= 15 is 0 Å². The monoisotopic (exact) mass is 364 g/mol. The minimum Gasteiger partial charge on any atom is -0.423 e. The van der Waals surface area contributed by atoms with E-state index < -0.39 is 7.12 Å². The van der Waals surface area contributed by atoms with Crippen LogP contribution in [0.15, 0.2) is 78.9 Å². The molecule has 136 valence electrons. The lowest BCUT2D eigenvalue weighted by molar-refractivity contribution is 0.426. The van der Waals surface area contributed by atoms with Gasteiger partial charge in [0.2, 0.25) is 0 Å². The van der Waals surface area contributed by atoms with Gasteiger partial charge in [-0.25, -0.2) is 0 Å². The largest absolute Gasteiger partial charge is 0.488 e. The standard InChI is InChI=1S/C25H21BO2/c1-25(2)22-10-6-5-9-20(22)24-19-8-4-3-7-18(19)21(15-23(24)25)16-11-13-17(14-12-16)26(27)28/h3-15,27-28H,1-2H3. The predicted octanol–water partition coefficient (Wildman–Crippen LogP) is 4.49. The SMILES string of the molecule is CC1(C)c2ccccc2-c2c1cc(-c1ccc(B(O)O)cc1)c1ccccc21. The van der Waals surface area contributed by atoms with E-state index in [1.807, 2.05) is 12.1 Å². The minimum atomic E-state index is -1.45. The fourth-order valence-corrected chi connectivity index (χ4v) is 4.62. The molecule has 0 amide bonds. The van der Waals surface area contributed by atoms with Crippen molar-refractivity contribution in [3.8, 4) is 22.3 Å². The Bertz CT molecular complexity index is 1210. The lowest BCUT2D eigenvalue weighted by Gasteiger charge is -2.23. The maximum Gasteiger partial charge on any atom is 0.488 e. The molecule has 1 aliphatic carbocycles. The molecule has 3 heteroatoms. The van der Waals surface area contributed by atoms with Crippen LogP contribution in [0.4, 0.5) is 0 Å². The third-order valence-electron chi connectivity index (χ3n) is 6.11. The average molecular weight is 364 g/mol. The molecule has 0 saturated heterocycles. The fourth-order valence-electron chi connectivity index (χ4n) is 4.62. The van der Waals surface area contributed by atoms with E-state index in [2.05, 4.69) is 68.4 Å². The topological polar surface area (TPSA) is 40.5 Å². The molecule has 5 rings (SSSR count). The highest BCUT2D eigenvalue weighted by molar-refractivity contribution is 6.58. The summed E-state index contributed by atoms with van der Waals surface area (Å²) in [5.74, 6) is 0. The molecule has 0 bridgehead atoms. The molecule has 0 fully saturated rings. The zero-order chi connectivity index (χ0) is 19.5. The van der Waals surface area contributed by atoms with Crippen LogP contribution in [-0.4, -0.2) is 17.2 Å². The molecule has 4 aromatic rings. The normalized spacial score (nSPS) is 14.0. The van der Waals surface area contributed by atoms with Crippen LogP contribution >= 0.6 is 0 Å². The van der Waals surface area contributed by atoms with E-state index in [1.54, 1.807) is 12.1 Å². The summed E-state index contributed by atoms with van der Waals surface area (Å²) in [5, 5.41) is 21.3. The highest BCUT2D eigenvalue weighted by Gasteiger charge is 2.36. The van der Waals surface area contributed by atoms with Crippen molar-refractivity contribution in [3.63, 3.8) is 0 Å². The summed E-state index contributed by atoms with van der Waals surface area (Å²) < 4.78 is 0. The Kier molecular flexibility index (Phi) is 3.73. The van der Waals surface area contributed by atoms with Crippen LogP contribution in [0, 0.1) is 0 Å². The van der Waals surface area contributed by atoms with Crippen molar-refractivity contribution >= 4 is 23.4 Å². The van der Waals surface area contributed by atoms with E-state index in [-0.39, 0.29) is 5.41 Å². The third-order valence-corrected chi connectivity index (χ3v) is 6.11. The maximum atomic E-state index is 9.41. The lowest BCUT2D eigenvalue weighted by atomic mass is 9.78. The molecule has 1 aliphatic rings. The smallest absolute Gasteiger partial charge is 0.423 e. The first kappa shape index (κ1) is 17.2. The average Bonchev–Trinajstić information content (AvgIpc) is 2.95. The van der Waals surface area contributed by atoms with Crippen LogP contribution in [-0.2, 0) is 5.41 Å². The van der Waals surface area contributed by atoms with Gasteiger partial charge < -0.3 is 10.0 Å². The predicted molar refractivity (Wildman–Crippen MR) is 117 cm³/mol. The van der Waals surface area contributed by atoms with Gasteiger partial charge in [0.25, 0.3) is 0 Å². The van der Waals surface area contributed by atoms with Gasteiger partial charge >= 0.3 is 7.12 Å². The zero-order valence-corrected chi connectivity index (χ0v) is 16.0. The van der Waals surface area contributed by atoms with Crippen molar-refractivity contribution in [1.29, 1.82) is 0 Å². The van der Waals surface area contributed by atoms with E-state index in [4.69, 9.17) is 0 Å². The molecule has 0 saturated carbocycles. The van der Waals surface area contributed by atoms with E-state index in [0.717, 1.165) is 5.56 Å². The lowest BCUT2D eigenvalue weighted by Crippen LogP contribution is -2.29. The summed E-state index contributed by atoms with van der Waals surface area (Å²) in [7, 11) is -1.45. The van der Waals surface area contributed by atoms with Crippen molar-refractivity contribution in [3.05, 3.63) is 90.0 Å². The van der Waals surface area contributed by atoms with Gasteiger partial charge in [-0.1, -0.05) is 86.6 Å². The Balaban J connectivity index is 1.83. The second-order valence-electron chi connectivity index (χ2n) is 8.06. The molecule has 0 spiro atoms. The maximum absolute atomic E-state index is 9.41. The van der Waals surface area contributed by atoms with E-state index in [1.165, 1.54) is 38.6 Å². The third kappa shape index (κ3) is 2.37. The van der Waals surface area contributed by atoms with E-state index in [0.29, 0.717) is 5.46 Å². The number of fused-ring (bicyclic) bond motifs is 5. The van der Waals surface area contributed by atoms with Gasteiger partial charge in [0, 0.05) is 5.41 Å². The van der Waals surface area contributed by atoms with Crippen LogP contribution in [0.2, 0.25) is 0 Å². The van der Waals surface area contributed by atoms with Gasteiger partial charge in [-0.05, 0) is 55.7 Å². The Morgan fingerprint density at radius 1 is 0.679 bits per heavy atom. The quantitative estimate of drug-likeness (QED) is 0.515. The Labute approximate surface area is 165 Å². The highest BCUT2D eigenvalue weighted by Crippen LogP contribution is 2.52. The Hall–Kier alpha value is -2.88. The summed E-state index contributed by atoms with van der Waals surface area (Å²) >= 11 is 0. The van der Waals surface area contributed by atoms with Crippen molar-refractivity contribution < 1.29 is 10.0 Å². The van der Waals surface area contributed by atoms with Crippen molar-refractivity contribution in [2.45, 2.75) is 19.3 Å². The molecular weight excluding hydrogens is 343 g/mol. The summed E-state index contributed by atoms with van der Waals surface area (Å²) in [6.45, 7) is 4.59. The molecule has 2 N–H and O–H groups in total. The summed E-state index contributed by atoms with van der Waals surface area (Å²) in [4.78, 5) is 0. The molecule has 0 radical (unpaired) electrons. The molecule has 0 atom stereocenters. The molecule has 28 heavy (non-hydrogen) atoms. The number of hydrogen-bond acceptors (Lipinski definition) is 2. The van der Waals surface area contributed by atoms with Gasteiger partial charge in [0.1, 0.15) is 0 Å². The van der Waals surface area contributed by atoms with Crippen molar-refractivity contribution in [2.75, 3.05) is 0 Å². The number of rotatable bonds is 2. The van der Waals surface area contributed by atoms with Crippen LogP contribution in [0.25, 0.3) is 33.0 Å². The van der Waals surface area contributed by atoms with Gasteiger partial charge in [0.05, 0.1) is 0 Å². The Morgan fingerprint density at radius 2 is 1.32 bits per heavy atom. The van der Waals surface area contributed by atoms with Gasteiger partial charge in [-0.2, -0.15) is 0 Å². The molecule has 4 aromatic carbocycles. The Morgan fingerprint density at radius 3 is 2.04 bits per heavy atom. The first-order valence-corrected chi connectivity index (χ1v) is 9.61. The minimum absolute atomic E-state index is 0.0636. The zero-order valence-electron chi connectivity index (χ0n) is 16.0. The van der Waals surface area contributed by atoms with E-state index in [9.17, 15) is 10.0 Å². The first-order chi connectivity index (χ1) is 13.5. The van der Waals surface area contributed by atoms with Crippen LogP contribution < -0.4 is 5.46 Å². The highest BCUT2D eigenvalue weighted by atomic mass is 16.4. The second kappa shape index (κ2) is 6.06. The molecule has 0 aliphatic heterocycles.